The first-order valence-corrected chi connectivity index (χ1v) is 11.6. The van der Waals surface area contributed by atoms with Gasteiger partial charge in [0.1, 0.15) is 6.23 Å². The summed E-state index contributed by atoms with van der Waals surface area (Å²) in [7, 11) is 0. The number of amides is 1. The third-order valence-electron chi connectivity index (χ3n) is 5.03. The monoisotopic (exact) mass is 503 g/mol. The second-order valence-corrected chi connectivity index (χ2v) is 9.71. The molecule has 0 aliphatic heterocycles. The first-order valence-electron chi connectivity index (χ1n) is 11.6. The smallest absolute Gasteiger partial charge is 0.257 e. The number of alkyl halides is 2. The molecule has 0 aliphatic rings. The van der Waals surface area contributed by atoms with Gasteiger partial charge in [-0.25, -0.2) is 8.78 Å². The highest BCUT2D eigenvalue weighted by Gasteiger charge is 2.30. The lowest BCUT2D eigenvalue weighted by Gasteiger charge is -2.33. The van der Waals surface area contributed by atoms with Gasteiger partial charge in [-0.3, -0.25) is 4.79 Å². The Morgan fingerprint density at radius 2 is 1.53 bits per heavy atom. The maximum atomic E-state index is 12.9. The van der Waals surface area contributed by atoms with Crippen molar-refractivity contribution < 1.29 is 28.6 Å². The Hall–Kier alpha value is -2.87. The van der Waals surface area contributed by atoms with Gasteiger partial charge in [0.15, 0.2) is 0 Å². The van der Waals surface area contributed by atoms with E-state index in [4.69, 9.17) is 9.94 Å². The van der Waals surface area contributed by atoms with Crippen LogP contribution >= 0.6 is 0 Å². The molecule has 0 fully saturated rings. The van der Waals surface area contributed by atoms with Crippen LogP contribution in [0.4, 0.5) is 8.78 Å². The molecular formula is C27H35F2N3O4. The standard InChI is InChI=1S/C27H35F2N3O4/c1-18(36-26(2,3)4)23(25(34)32-35)31-24(33)22-14-12-20(13-15-22)7-6-19-8-10-21(11-9-19)16-30-17-27(5,28)29/h8-15,18,23,25,30,32,34-35H,16-17H2,1-5H3,(H,31,33)/t18-,23+,25?/m1/s1. The van der Waals surface area contributed by atoms with E-state index in [-0.39, 0.29) is 6.54 Å². The van der Waals surface area contributed by atoms with Crippen LogP contribution in [0, 0.1) is 11.8 Å². The highest BCUT2D eigenvalue weighted by Crippen LogP contribution is 2.15. The minimum Gasteiger partial charge on any atom is -0.374 e. The van der Waals surface area contributed by atoms with Crippen LogP contribution in [0.1, 0.15) is 61.7 Å². The average molecular weight is 504 g/mol. The summed E-state index contributed by atoms with van der Waals surface area (Å²) in [5, 5.41) is 24.6. The SMILES string of the molecule is C[C@@H](OC(C)(C)C)[C@H](NC(=O)c1ccc(C#Cc2ccc(CNCC(C)(F)F)cc2)cc1)C(O)NO. The maximum absolute atomic E-state index is 12.9. The number of halogens is 2. The molecule has 0 spiro atoms. The Morgan fingerprint density at radius 1 is 1.00 bits per heavy atom. The molecule has 2 aromatic rings. The number of rotatable bonds is 10. The molecule has 2 rings (SSSR count). The molecule has 196 valence electrons. The Balaban J connectivity index is 2.00. The molecule has 3 atom stereocenters. The highest BCUT2D eigenvalue weighted by molar-refractivity contribution is 5.94. The van der Waals surface area contributed by atoms with Gasteiger partial charge < -0.3 is 25.7 Å². The third kappa shape index (κ3) is 10.4. The first kappa shape index (κ1) is 29.4. The lowest BCUT2D eigenvalue weighted by molar-refractivity contribution is -0.106. The largest absolute Gasteiger partial charge is 0.374 e. The number of benzene rings is 2. The molecular weight excluding hydrogens is 468 g/mol. The van der Waals surface area contributed by atoms with Crippen molar-refractivity contribution in [2.75, 3.05) is 6.54 Å². The normalized spacial score (nSPS) is 14.4. The van der Waals surface area contributed by atoms with E-state index in [0.29, 0.717) is 17.7 Å². The van der Waals surface area contributed by atoms with Crippen LogP contribution in [0.2, 0.25) is 0 Å². The fourth-order valence-electron chi connectivity index (χ4n) is 3.38. The molecule has 5 N–H and O–H groups in total. The number of carbonyl (C=O) groups excluding carboxylic acids is 1. The third-order valence-corrected chi connectivity index (χ3v) is 5.03. The zero-order chi connectivity index (χ0) is 26.9. The van der Waals surface area contributed by atoms with Crippen LogP contribution in [-0.2, 0) is 11.3 Å². The first-order chi connectivity index (χ1) is 16.8. The molecule has 0 aliphatic carbocycles. The van der Waals surface area contributed by atoms with E-state index in [0.717, 1.165) is 18.1 Å². The molecule has 0 saturated carbocycles. The van der Waals surface area contributed by atoms with E-state index in [2.05, 4.69) is 22.5 Å². The zero-order valence-corrected chi connectivity index (χ0v) is 21.2. The number of hydrogen-bond acceptors (Lipinski definition) is 6. The molecule has 2 aromatic carbocycles. The number of hydroxylamine groups is 1. The summed E-state index contributed by atoms with van der Waals surface area (Å²) in [4.78, 5) is 12.7. The lowest BCUT2D eigenvalue weighted by atomic mass is 10.1. The zero-order valence-electron chi connectivity index (χ0n) is 21.2. The van der Waals surface area contributed by atoms with Gasteiger partial charge in [-0.1, -0.05) is 24.0 Å². The van der Waals surface area contributed by atoms with Gasteiger partial charge in [-0.15, -0.1) is 0 Å². The van der Waals surface area contributed by atoms with Crippen LogP contribution in [0.15, 0.2) is 48.5 Å². The van der Waals surface area contributed by atoms with Crippen molar-refractivity contribution in [3.8, 4) is 11.8 Å². The molecule has 0 saturated heterocycles. The molecule has 0 bridgehead atoms. The minimum atomic E-state index is -2.75. The minimum absolute atomic E-state index is 0.341. The van der Waals surface area contributed by atoms with E-state index in [9.17, 15) is 18.7 Å². The van der Waals surface area contributed by atoms with Gasteiger partial charge >= 0.3 is 0 Å². The molecule has 0 heterocycles. The predicted molar refractivity (Wildman–Crippen MR) is 134 cm³/mol. The summed E-state index contributed by atoms with van der Waals surface area (Å²) in [5.74, 6) is 2.86. The van der Waals surface area contributed by atoms with Crippen molar-refractivity contribution in [1.82, 2.24) is 16.1 Å². The molecule has 7 nitrogen and oxygen atoms in total. The van der Waals surface area contributed by atoms with Crippen molar-refractivity contribution in [2.45, 2.75) is 71.1 Å². The second-order valence-electron chi connectivity index (χ2n) is 9.71. The van der Waals surface area contributed by atoms with Crippen LogP contribution in [0.25, 0.3) is 0 Å². The average Bonchev–Trinajstić information content (AvgIpc) is 2.79. The second kappa shape index (κ2) is 12.9. The van der Waals surface area contributed by atoms with Crippen LogP contribution in [0.5, 0.6) is 0 Å². The van der Waals surface area contributed by atoms with E-state index in [1.54, 1.807) is 36.7 Å². The number of ether oxygens (including phenoxy) is 1. The van der Waals surface area contributed by atoms with Crippen LogP contribution < -0.4 is 16.1 Å². The highest BCUT2D eigenvalue weighted by atomic mass is 19.3. The topological polar surface area (TPSA) is 103 Å². The lowest BCUT2D eigenvalue weighted by Crippen LogP contribution is -2.56. The Morgan fingerprint density at radius 3 is 2.00 bits per heavy atom. The van der Waals surface area contributed by atoms with Crippen molar-refractivity contribution in [3.05, 3.63) is 70.8 Å². The summed E-state index contributed by atoms with van der Waals surface area (Å²) < 4.78 is 31.6. The predicted octanol–water partition coefficient (Wildman–Crippen LogP) is 3.43. The van der Waals surface area contributed by atoms with E-state index < -0.39 is 35.8 Å². The van der Waals surface area contributed by atoms with Gasteiger partial charge in [0.05, 0.1) is 24.3 Å². The summed E-state index contributed by atoms with van der Waals surface area (Å²) in [6.45, 7) is 8.08. The molecule has 1 unspecified atom stereocenters. The van der Waals surface area contributed by atoms with Gasteiger partial charge in [0, 0.05) is 30.2 Å². The fourth-order valence-corrected chi connectivity index (χ4v) is 3.38. The molecule has 0 radical (unpaired) electrons. The van der Waals surface area contributed by atoms with Crippen molar-refractivity contribution in [1.29, 1.82) is 0 Å². The van der Waals surface area contributed by atoms with Crippen molar-refractivity contribution in [2.24, 2.45) is 0 Å². The summed E-state index contributed by atoms with van der Waals surface area (Å²) in [6.07, 6.45) is -2.02. The Labute approximate surface area is 211 Å². The van der Waals surface area contributed by atoms with Crippen molar-refractivity contribution >= 4 is 5.91 Å². The quantitative estimate of drug-likeness (QED) is 0.193. The van der Waals surface area contributed by atoms with Crippen LogP contribution in [0.3, 0.4) is 0 Å². The number of carbonyl (C=O) groups is 1. The number of nitrogens with one attached hydrogen (secondary N) is 3. The Kier molecular flexibility index (Phi) is 10.5. The summed E-state index contributed by atoms with van der Waals surface area (Å²) in [5.41, 5.74) is 3.94. The summed E-state index contributed by atoms with van der Waals surface area (Å²) >= 11 is 0. The molecule has 9 heteroatoms. The molecule has 0 aromatic heterocycles. The fraction of sp³-hybridized carbons (Fsp3) is 0.444. The summed E-state index contributed by atoms with van der Waals surface area (Å²) in [6, 6.07) is 13.0. The van der Waals surface area contributed by atoms with E-state index >= 15 is 0 Å². The van der Waals surface area contributed by atoms with Crippen LogP contribution in [-0.4, -0.2) is 52.7 Å². The van der Waals surface area contributed by atoms with Gasteiger partial charge in [0.2, 0.25) is 0 Å². The van der Waals surface area contributed by atoms with Gasteiger partial charge in [0.25, 0.3) is 11.8 Å². The van der Waals surface area contributed by atoms with Crippen molar-refractivity contribution in [3.63, 3.8) is 0 Å². The van der Waals surface area contributed by atoms with Gasteiger partial charge in [-0.05, 0) is 69.7 Å². The molecule has 1 amide bonds. The number of hydrogen-bond donors (Lipinski definition) is 5. The maximum Gasteiger partial charge on any atom is 0.257 e. The Bertz CT molecular complexity index is 1040. The number of aliphatic hydroxyl groups excluding tert-OH is 1. The molecule has 36 heavy (non-hydrogen) atoms. The van der Waals surface area contributed by atoms with Gasteiger partial charge in [-0.2, -0.15) is 5.48 Å². The number of aliphatic hydroxyl groups is 1. The van der Waals surface area contributed by atoms with E-state index in [1.165, 1.54) is 0 Å². The van der Waals surface area contributed by atoms with E-state index in [1.807, 2.05) is 45.0 Å².